The van der Waals surface area contributed by atoms with Gasteiger partial charge in [0.05, 0.1) is 26.4 Å². The van der Waals surface area contributed by atoms with Crippen LogP contribution in [0.1, 0.15) is 0 Å². The molecule has 8 unspecified atom stereocenters. The molecule has 16 atom stereocenters. The van der Waals surface area contributed by atoms with E-state index in [0.29, 0.717) is 0 Å². The number of hydrogen-bond acceptors (Lipinski definition) is 22. The van der Waals surface area contributed by atoms with Crippen molar-refractivity contribution in [3.8, 4) is 0 Å². The maximum Gasteiger partial charge on any atom is 2.00 e. The molecule has 2 aliphatic carbocycles. The van der Waals surface area contributed by atoms with E-state index >= 15 is 0 Å². The smallest absolute Gasteiger partial charge is 0.756 e. The van der Waals surface area contributed by atoms with Crippen molar-refractivity contribution in [2.24, 2.45) is 0 Å². The summed E-state index contributed by atoms with van der Waals surface area (Å²) < 4.78 is 40.0. The van der Waals surface area contributed by atoms with Crippen LogP contribution in [0.15, 0.2) is 0 Å². The summed E-state index contributed by atoms with van der Waals surface area (Å²) in [5, 5.41) is 129. The van der Waals surface area contributed by atoms with Gasteiger partial charge in [0.15, 0.2) is 0 Å². The molecule has 43 heavy (non-hydrogen) atoms. The summed E-state index contributed by atoms with van der Waals surface area (Å²) in [6.07, 6.45) is -26.5. The molecule has 22 nitrogen and oxygen atoms in total. The molecule has 0 radical (unpaired) electrons. The van der Waals surface area contributed by atoms with Crippen molar-refractivity contribution >= 4 is 15.6 Å². The molecule has 14 N–H and O–H groups in total. The third-order valence-electron chi connectivity index (χ3n) is 5.92. The van der Waals surface area contributed by atoms with Crippen LogP contribution < -0.4 is 9.79 Å². The summed E-state index contributed by atoms with van der Waals surface area (Å²) in [5.74, 6) is 0. The van der Waals surface area contributed by atoms with Gasteiger partial charge in [-0.25, -0.2) is 0 Å². The fourth-order valence-corrected chi connectivity index (χ4v) is 5.39. The van der Waals surface area contributed by atoms with E-state index in [1.165, 1.54) is 0 Å². The Morgan fingerprint density at radius 2 is 0.721 bits per heavy atom. The minimum atomic E-state index is -5.12. The van der Waals surface area contributed by atoms with Crippen molar-refractivity contribution < 1.29 is 128 Å². The second-order valence-corrected chi connectivity index (χ2v) is 11.9. The van der Waals surface area contributed by atoms with Crippen LogP contribution in [0.2, 0.25) is 0 Å². The summed E-state index contributed by atoms with van der Waals surface area (Å²) >= 11 is 0. The molecule has 0 aromatic heterocycles. The average molecular weight is 732 g/mol. The normalized spacial score (nSPS) is 40.6. The second kappa shape index (κ2) is 18.6. The zero-order valence-electron chi connectivity index (χ0n) is 22.0. The van der Waals surface area contributed by atoms with E-state index in [4.69, 9.17) is 20.4 Å². The third-order valence-corrected chi connectivity index (χ3v) is 7.85. The van der Waals surface area contributed by atoms with Gasteiger partial charge in [-0.1, -0.05) is 0 Å². The van der Waals surface area contributed by atoms with E-state index in [9.17, 15) is 70.0 Å². The van der Waals surface area contributed by atoms with Crippen molar-refractivity contribution in [2.45, 2.75) is 85.5 Å². The summed E-state index contributed by atoms with van der Waals surface area (Å²) in [4.78, 5) is 22.9. The molecule has 252 valence electrons. The molecule has 0 aromatic rings. The van der Waals surface area contributed by atoms with E-state index in [2.05, 4.69) is 18.1 Å². The number of hydrogen-bond donors (Lipinski definition) is 14. The summed E-state index contributed by atoms with van der Waals surface area (Å²) in [5.41, 5.74) is 0. The number of rotatable bonds is 12. The van der Waals surface area contributed by atoms with Crippen molar-refractivity contribution in [2.75, 3.05) is 26.4 Å². The molecule has 0 spiro atoms. The Hall–Kier alpha value is 0.283. The van der Waals surface area contributed by atoms with Gasteiger partial charge in [0, 0.05) is 0 Å². The molecule has 2 saturated carbocycles. The van der Waals surface area contributed by atoms with Crippen molar-refractivity contribution in [3.63, 3.8) is 0 Å². The van der Waals surface area contributed by atoms with Gasteiger partial charge < -0.3 is 99.4 Å². The molecule has 0 aliphatic heterocycles. The van der Waals surface area contributed by atoms with E-state index in [-0.39, 0.29) is 19.5 Å². The third kappa shape index (κ3) is 12.4. The topological polar surface area (TPSA) is 400 Å². The van der Waals surface area contributed by atoms with E-state index in [1.807, 2.05) is 0 Å². The minimum absolute atomic E-state index is 0. The summed E-state index contributed by atoms with van der Waals surface area (Å²) in [6, 6.07) is 0. The fourth-order valence-electron chi connectivity index (χ4n) is 3.46. The van der Waals surface area contributed by atoms with Gasteiger partial charge in [-0.2, -0.15) is 0 Å². The zero-order chi connectivity index (χ0) is 32.7. The molecule has 2 rings (SSSR count). The van der Waals surface area contributed by atoms with Crippen LogP contribution in [0.3, 0.4) is 0 Å². The Labute approximate surface area is 255 Å². The Morgan fingerprint density at radius 3 is 0.930 bits per heavy atom. The molecule has 0 heterocycles. The molecule has 2 fully saturated rings. The van der Waals surface area contributed by atoms with Gasteiger partial charge in [0.2, 0.25) is 0 Å². The van der Waals surface area contributed by atoms with Crippen molar-refractivity contribution in [1.82, 2.24) is 0 Å². The van der Waals surface area contributed by atoms with Crippen LogP contribution in [0.5, 0.6) is 0 Å². The quantitative estimate of drug-likeness (QED) is 0.0654. The van der Waals surface area contributed by atoms with Gasteiger partial charge >= 0.3 is 19.5 Å². The van der Waals surface area contributed by atoms with Gasteiger partial charge in [0.1, 0.15) is 85.5 Å². The standard InChI is InChI=1S/2C9H19O11P.Zn/c2*10-1-3(11)2-19-21(17,18)20-9-7(15)5(13)4(12)6(14)8(9)16;/h2*3-16H,1-2H2,(H,17,18);/q;;+2/p-2/t2*3?,4?,5-,6+,7-,8-,9?;/m00./s1. The first-order valence-electron chi connectivity index (χ1n) is 11.9. The Balaban J connectivity index is 0.000000802. The maximum absolute atomic E-state index is 11.4. The van der Waals surface area contributed by atoms with Crippen LogP contribution in [0, 0.1) is 0 Å². The maximum atomic E-state index is 11.4. The summed E-state index contributed by atoms with van der Waals surface area (Å²) in [7, 11) is -10.2. The first kappa shape index (κ1) is 43.3. The van der Waals surface area contributed by atoms with Crippen molar-refractivity contribution in [3.05, 3.63) is 0 Å². The molecule has 0 bridgehead atoms. The zero-order valence-corrected chi connectivity index (χ0v) is 26.8. The Morgan fingerprint density at radius 1 is 0.512 bits per heavy atom. The van der Waals surface area contributed by atoms with E-state index in [1.54, 1.807) is 0 Å². The molecule has 0 amide bonds. The number of aliphatic hydroxyl groups excluding tert-OH is 14. The first-order valence-corrected chi connectivity index (χ1v) is 14.8. The molecule has 25 heteroatoms. The van der Waals surface area contributed by atoms with Crippen molar-refractivity contribution in [1.29, 1.82) is 0 Å². The van der Waals surface area contributed by atoms with Crippen LogP contribution in [0.25, 0.3) is 0 Å². The Kier molecular flexibility index (Phi) is 18.7. The predicted octanol–water partition coefficient (Wildman–Crippen LogP) is -9.95. The van der Waals surface area contributed by atoms with E-state index in [0.717, 1.165) is 0 Å². The number of phosphoric ester groups is 2. The predicted molar refractivity (Wildman–Crippen MR) is 123 cm³/mol. The van der Waals surface area contributed by atoms with Gasteiger partial charge in [-0.15, -0.1) is 0 Å². The second-order valence-electron chi connectivity index (χ2n) is 9.20. The first-order chi connectivity index (χ1) is 19.2. The van der Waals surface area contributed by atoms with Gasteiger partial charge in [-0.05, 0) is 0 Å². The van der Waals surface area contributed by atoms with Gasteiger partial charge in [-0.3, -0.25) is 9.13 Å². The number of phosphoric acid groups is 2. The molecular formula is C18H36O22P2Zn. The molecule has 0 saturated heterocycles. The molecule has 0 aromatic carbocycles. The monoisotopic (exact) mass is 730 g/mol. The SMILES string of the molecule is O=P([O-])(OCC(O)CO)OC1[C@@H](O)[C@H](O)C(O)[C@H](O)[C@@H]1O.O=P([O-])(OCC(O)CO)OC1[C@@H](O)[C@H](O)C(O)[C@H](O)[C@@H]1O.[Zn+2]. The Bertz CT molecular complexity index is 802. The van der Waals surface area contributed by atoms with Crippen LogP contribution >= 0.6 is 15.6 Å². The fraction of sp³-hybridized carbons (Fsp3) is 1.00. The van der Waals surface area contributed by atoms with Gasteiger partial charge in [0.25, 0.3) is 15.6 Å². The van der Waals surface area contributed by atoms with E-state index < -0.39 is 128 Å². The number of aliphatic hydroxyl groups is 14. The largest absolute Gasteiger partial charge is 2.00 e. The van der Waals surface area contributed by atoms with Crippen LogP contribution in [-0.4, -0.2) is 183 Å². The average Bonchev–Trinajstić information content (AvgIpc) is 2.95. The van der Waals surface area contributed by atoms with Crippen LogP contribution in [0.4, 0.5) is 0 Å². The summed E-state index contributed by atoms with van der Waals surface area (Å²) in [6.45, 7) is -3.19. The molecular weight excluding hydrogens is 696 g/mol. The minimum Gasteiger partial charge on any atom is -0.756 e. The van der Waals surface area contributed by atoms with Crippen LogP contribution in [-0.2, 0) is 46.7 Å². The molecule has 2 aliphatic rings.